The summed E-state index contributed by atoms with van der Waals surface area (Å²) in [6.45, 7) is 3.63. The summed E-state index contributed by atoms with van der Waals surface area (Å²) in [5.74, 6) is -0.824. The van der Waals surface area contributed by atoms with Crippen molar-refractivity contribution < 1.29 is 37.6 Å². The minimum Gasteiger partial charge on any atom is -0.462 e. The van der Waals surface area contributed by atoms with E-state index in [9.17, 15) is 19.0 Å². The zero-order chi connectivity index (χ0) is 43.2. The van der Waals surface area contributed by atoms with E-state index in [1.54, 1.807) is 0 Å². The number of phosphoric acid groups is 1. The van der Waals surface area contributed by atoms with E-state index in [0.717, 1.165) is 64.2 Å². The van der Waals surface area contributed by atoms with Crippen molar-refractivity contribution >= 4 is 19.8 Å². The van der Waals surface area contributed by atoms with E-state index in [4.69, 9.17) is 24.3 Å². The molecule has 0 aromatic heterocycles. The number of allylic oxidation sites excluding steroid dienone is 8. The van der Waals surface area contributed by atoms with E-state index < -0.39 is 26.5 Å². The molecule has 0 saturated carbocycles. The van der Waals surface area contributed by atoms with Crippen molar-refractivity contribution in [3.8, 4) is 0 Å². The molecule has 0 fully saturated rings. The maximum atomic E-state index is 12.6. The summed E-state index contributed by atoms with van der Waals surface area (Å²) in [4.78, 5) is 34.9. The molecule has 0 aliphatic heterocycles. The summed E-state index contributed by atoms with van der Waals surface area (Å²) in [6, 6.07) is 0. The largest absolute Gasteiger partial charge is 0.472 e. The lowest BCUT2D eigenvalue weighted by molar-refractivity contribution is -0.161. The smallest absolute Gasteiger partial charge is 0.462 e. The first-order chi connectivity index (χ1) is 28.8. The highest BCUT2D eigenvalue weighted by Crippen LogP contribution is 2.43. The van der Waals surface area contributed by atoms with Crippen LogP contribution in [0.4, 0.5) is 0 Å². The summed E-state index contributed by atoms with van der Waals surface area (Å²) in [7, 11) is -4.38. The second-order valence-electron chi connectivity index (χ2n) is 16.0. The molecule has 0 bridgehead atoms. The summed E-state index contributed by atoms with van der Waals surface area (Å²) in [6.07, 6.45) is 53.0. The fourth-order valence-electron chi connectivity index (χ4n) is 6.69. The van der Waals surface area contributed by atoms with Crippen molar-refractivity contribution in [3.05, 3.63) is 48.6 Å². The third-order valence-corrected chi connectivity index (χ3v) is 11.2. The highest BCUT2D eigenvalue weighted by atomic mass is 31.2. The summed E-state index contributed by atoms with van der Waals surface area (Å²) in [5.41, 5.74) is 5.35. The second kappa shape index (κ2) is 45.5. The number of carbonyl (C=O) groups is 2. The fourth-order valence-corrected chi connectivity index (χ4v) is 7.45. The Bertz CT molecular complexity index is 1110. The maximum absolute atomic E-state index is 12.6. The first kappa shape index (κ1) is 57.0. The van der Waals surface area contributed by atoms with Crippen LogP contribution in [0.15, 0.2) is 48.6 Å². The number of unbranched alkanes of at least 4 members (excludes halogenated alkanes) is 24. The van der Waals surface area contributed by atoms with Crippen LogP contribution < -0.4 is 5.73 Å². The number of ether oxygens (including phenoxy) is 2. The number of carbonyl (C=O) groups excluding carboxylic acids is 2. The molecule has 0 amide bonds. The summed E-state index contributed by atoms with van der Waals surface area (Å²) in [5, 5.41) is 0. The van der Waals surface area contributed by atoms with Crippen molar-refractivity contribution in [2.75, 3.05) is 26.4 Å². The monoisotopic (exact) mass is 852 g/mol. The van der Waals surface area contributed by atoms with E-state index in [0.29, 0.717) is 6.42 Å². The van der Waals surface area contributed by atoms with Gasteiger partial charge in [-0.25, -0.2) is 4.57 Å². The van der Waals surface area contributed by atoms with Gasteiger partial charge in [0, 0.05) is 19.4 Å². The van der Waals surface area contributed by atoms with Gasteiger partial charge in [-0.3, -0.25) is 18.6 Å². The molecule has 0 radical (unpaired) electrons. The van der Waals surface area contributed by atoms with Gasteiger partial charge in [-0.2, -0.15) is 0 Å². The molecular formula is C49H90NO8P. The van der Waals surface area contributed by atoms with Crippen LogP contribution in [0, 0.1) is 0 Å². The number of phosphoric ester groups is 1. The molecule has 59 heavy (non-hydrogen) atoms. The van der Waals surface area contributed by atoms with Gasteiger partial charge in [0.25, 0.3) is 0 Å². The Morgan fingerprint density at radius 3 is 1.39 bits per heavy atom. The van der Waals surface area contributed by atoms with Gasteiger partial charge in [0.1, 0.15) is 6.61 Å². The van der Waals surface area contributed by atoms with Crippen molar-refractivity contribution in [2.45, 2.75) is 225 Å². The Kier molecular flexibility index (Phi) is 43.9. The highest BCUT2D eigenvalue weighted by Gasteiger charge is 2.26. The Hall–Kier alpha value is -2.03. The third kappa shape index (κ3) is 45.3. The Morgan fingerprint density at radius 2 is 0.932 bits per heavy atom. The van der Waals surface area contributed by atoms with Crippen molar-refractivity contribution in [1.82, 2.24) is 0 Å². The molecule has 344 valence electrons. The Morgan fingerprint density at radius 1 is 0.525 bits per heavy atom. The molecule has 3 N–H and O–H groups in total. The highest BCUT2D eigenvalue weighted by molar-refractivity contribution is 7.47. The third-order valence-electron chi connectivity index (χ3n) is 10.2. The van der Waals surface area contributed by atoms with Gasteiger partial charge >= 0.3 is 19.8 Å². The average Bonchev–Trinajstić information content (AvgIpc) is 3.22. The first-order valence-electron chi connectivity index (χ1n) is 24.1. The van der Waals surface area contributed by atoms with Crippen molar-refractivity contribution in [2.24, 2.45) is 5.73 Å². The van der Waals surface area contributed by atoms with Crippen LogP contribution >= 0.6 is 7.82 Å². The number of esters is 2. The molecule has 0 saturated heterocycles. The molecule has 0 aliphatic rings. The molecule has 0 spiro atoms. The quantitative estimate of drug-likeness (QED) is 0.0266. The molecule has 2 unspecified atom stereocenters. The van der Waals surface area contributed by atoms with Crippen LogP contribution in [0.3, 0.4) is 0 Å². The average molecular weight is 852 g/mol. The Labute approximate surface area is 362 Å². The lowest BCUT2D eigenvalue weighted by Crippen LogP contribution is -2.29. The molecule has 0 heterocycles. The van der Waals surface area contributed by atoms with E-state index in [1.165, 1.54) is 122 Å². The van der Waals surface area contributed by atoms with Crippen LogP contribution in [0.25, 0.3) is 0 Å². The van der Waals surface area contributed by atoms with Crippen LogP contribution in [-0.4, -0.2) is 49.3 Å². The second-order valence-corrected chi connectivity index (χ2v) is 17.4. The van der Waals surface area contributed by atoms with Crippen LogP contribution in [0.2, 0.25) is 0 Å². The van der Waals surface area contributed by atoms with Crippen LogP contribution in [0.1, 0.15) is 219 Å². The molecule has 2 atom stereocenters. The molecule has 10 heteroatoms. The van der Waals surface area contributed by atoms with E-state index in [1.807, 2.05) is 0 Å². The maximum Gasteiger partial charge on any atom is 0.472 e. The van der Waals surface area contributed by atoms with E-state index in [-0.39, 0.29) is 38.6 Å². The van der Waals surface area contributed by atoms with Gasteiger partial charge in [0.2, 0.25) is 0 Å². The molecule has 0 rings (SSSR count). The van der Waals surface area contributed by atoms with E-state index >= 15 is 0 Å². The molecular weight excluding hydrogens is 762 g/mol. The lowest BCUT2D eigenvalue weighted by Gasteiger charge is -2.19. The fraction of sp³-hybridized carbons (Fsp3) is 0.796. The van der Waals surface area contributed by atoms with E-state index in [2.05, 4.69) is 62.5 Å². The predicted molar refractivity (Wildman–Crippen MR) is 247 cm³/mol. The predicted octanol–water partition coefficient (Wildman–Crippen LogP) is 14.3. The van der Waals surface area contributed by atoms with Crippen LogP contribution in [0.5, 0.6) is 0 Å². The topological polar surface area (TPSA) is 134 Å². The number of nitrogens with two attached hydrogens (primary N) is 1. The van der Waals surface area contributed by atoms with Gasteiger partial charge < -0.3 is 20.1 Å². The Balaban J connectivity index is 3.96. The first-order valence-corrected chi connectivity index (χ1v) is 25.6. The molecule has 0 aliphatic carbocycles. The van der Waals surface area contributed by atoms with Gasteiger partial charge in [0.05, 0.1) is 13.2 Å². The minimum absolute atomic E-state index is 0.0539. The zero-order valence-electron chi connectivity index (χ0n) is 38.0. The molecule has 9 nitrogen and oxygen atoms in total. The van der Waals surface area contributed by atoms with Crippen molar-refractivity contribution in [1.29, 1.82) is 0 Å². The van der Waals surface area contributed by atoms with Gasteiger partial charge in [0.15, 0.2) is 6.10 Å². The molecule has 0 aromatic carbocycles. The van der Waals surface area contributed by atoms with Gasteiger partial charge in [-0.15, -0.1) is 0 Å². The standard InChI is InChI=1S/C49H90NO8P/c1-3-5-7-9-11-13-15-16-17-18-19-20-21-22-23-24-25-26-27-28-29-30-32-34-36-38-40-42-49(52)58-47(46-57-59(53,54)56-44-43-50)45-55-48(51)41-39-37-35-33-31-14-12-10-8-6-4-2/h5,7,11,13,16-17,19-20,47H,3-4,6,8-10,12,14-15,18,21-46,50H2,1-2H3,(H,53,54)/b7-5-,13-11-,17-16-,20-19-. The SMILES string of the molecule is CC/C=C\C/C=C\C/C=C\C/C=C\CCCCCCCCCCCCCCCCC(=O)OC(COC(=O)CCCCCCCCCCCCC)COP(=O)(O)OCCN. The number of hydrogen-bond donors (Lipinski definition) is 2. The zero-order valence-corrected chi connectivity index (χ0v) is 38.9. The van der Waals surface area contributed by atoms with Gasteiger partial charge in [-0.1, -0.05) is 204 Å². The normalized spacial score (nSPS) is 13.6. The van der Waals surface area contributed by atoms with Gasteiger partial charge in [-0.05, 0) is 51.4 Å². The molecule has 0 aromatic rings. The van der Waals surface area contributed by atoms with Crippen LogP contribution in [-0.2, 0) is 32.7 Å². The minimum atomic E-state index is -4.38. The summed E-state index contributed by atoms with van der Waals surface area (Å²) < 4.78 is 32.8. The lowest BCUT2D eigenvalue weighted by atomic mass is 10.0. The number of rotatable bonds is 45. The van der Waals surface area contributed by atoms with Crippen molar-refractivity contribution in [3.63, 3.8) is 0 Å². The summed E-state index contributed by atoms with van der Waals surface area (Å²) >= 11 is 0. The number of hydrogen-bond acceptors (Lipinski definition) is 8.